The number of rotatable bonds is 8. The molecule has 1 fully saturated rings. The number of carbonyl (C=O) groups excluding carboxylic acids is 1. The SMILES string of the molecule is CC1(Cc2ccco2)OC2C=C(C(=O)N(O)NS(=O)(=O)c3ccc(Oc4ccc(Cl)cn4)cc3)CC2O1. The van der Waals surface area contributed by atoms with Gasteiger partial charge in [-0.15, -0.1) is 5.17 Å². The lowest BCUT2D eigenvalue weighted by Gasteiger charge is -2.23. The van der Waals surface area contributed by atoms with Gasteiger partial charge in [0.05, 0.1) is 28.7 Å². The molecule has 0 saturated carbocycles. The second-order valence-electron chi connectivity index (χ2n) is 8.62. The van der Waals surface area contributed by atoms with Crippen molar-refractivity contribution in [3.8, 4) is 11.6 Å². The number of furan rings is 1. The number of nitrogens with one attached hydrogen (secondary N) is 1. The summed E-state index contributed by atoms with van der Waals surface area (Å²) in [6.45, 7) is 1.78. The zero-order valence-corrected chi connectivity index (χ0v) is 21.0. The lowest BCUT2D eigenvalue weighted by atomic mass is 10.1. The summed E-state index contributed by atoms with van der Waals surface area (Å²) < 4.78 is 48.2. The van der Waals surface area contributed by atoms with Crippen molar-refractivity contribution in [2.45, 2.75) is 42.7 Å². The monoisotopic (exact) mass is 547 g/mol. The third-order valence-corrected chi connectivity index (χ3v) is 7.27. The van der Waals surface area contributed by atoms with Gasteiger partial charge in [0.15, 0.2) is 5.79 Å². The first-order valence-electron chi connectivity index (χ1n) is 11.1. The summed E-state index contributed by atoms with van der Waals surface area (Å²) in [5.41, 5.74) is 0.152. The average Bonchev–Trinajstić information content (AvgIpc) is 3.56. The standard InChI is InChI=1S/C24H22ClN3O8S/c1-24(13-18-3-2-10-33-18)35-20-11-15(12-21(20)36-24)23(29)28(30)27-37(31,32)19-7-5-17(6-8-19)34-22-9-4-16(25)14-26-22/h2-11,14,20-21,27,30H,12-13H2,1H3. The number of hydroxylamine groups is 1. The van der Waals surface area contributed by atoms with E-state index in [1.807, 2.05) is 10.9 Å². The second kappa shape index (κ2) is 9.89. The van der Waals surface area contributed by atoms with Crippen LogP contribution in [0.15, 0.2) is 82.0 Å². The molecule has 0 bridgehead atoms. The van der Waals surface area contributed by atoms with E-state index in [4.69, 9.17) is 30.2 Å². The molecule has 37 heavy (non-hydrogen) atoms. The molecule has 2 N–H and O–H groups in total. The quantitative estimate of drug-likeness (QED) is 0.319. The van der Waals surface area contributed by atoms with Crippen LogP contribution in [0, 0.1) is 0 Å². The molecule has 11 nitrogen and oxygen atoms in total. The smallest absolute Gasteiger partial charge is 0.289 e. The highest BCUT2D eigenvalue weighted by atomic mass is 35.5. The van der Waals surface area contributed by atoms with E-state index in [0.29, 0.717) is 23.0 Å². The summed E-state index contributed by atoms with van der Waals surface area (Å²) in [4.78, 5) is 18.3. The fraction of sp³-hybridized carbons (Fsp3) is 0.250. The van der Waals surface area contributed by atoms with Gasteiger partial charge in [-0.3, -0.25) is 10.0 Å². The molecule has 13 heteroatoms. The van der Waals surface area contributed by atoms with Crippen LogP contribution in [0.2, 0.25) is 5.02 Å². The zero-order valence-electron chi connectivity index (χ0n) is 19.4. The van der Waals surface area contributed by atoms with E-state index in [2.05, 4.69) is 4.98 Å². The Kier molecular flexibility index (Phi) is 6.79. The molecular weight excluding hydrogens is 526 g/mol. The fourth-order valence-corrected chi connectivity index (χ4v) is 5.13. The molecule has 0 radical (unpaired) electrons. The van der Waals surface area contributed by atoms with Crippen molar-refractivity contribution < 1.29 is 37.0 Å². The minimum atomic E-state index is -4.28. The Morgan fingerprint density at radius 3 is 2.68 bits per heavy atom. The van der Waals surface area contributed by atoms with E-state index in [1.54, 1.807) is 31.4 Å². The van der Waals surface area contributed by atoms with E-state index >= 15 is 0 Å². The van der Waals surface area contributed by atoms with Crippen molar-refractivity contribution in [2.75, 3.05) is 0 Å². The van der Waals surface area contributed by atoms with Gasteiger partial charge < -0.3 is 18.6 Å². The fourth-order valence-electron chi connectivity index (χ4n) is 4.11. The molecule has 1 aliphatic heterocycles. The van der Waals surface area contributed by atoms with E-state index in [1.165, 1.54) is 36.5 Å². The molecule has 5 rings (SSSR count). The van der Waals surface area contributed by atoms with Crippen LogP contribution in [0.3, 0.4) is 0 Å². The summed E-state index contributed by atoms with van der Waals surface area (Å²) in [5, 5.41) is 10.6. The van der Waals surface area contributed by atoms with Gasteiger partial charge in [0.25, 0.3) is 15.9 Å². The van der Waals surface area contributed by atoms with Crippen LogP contribution in [0.4, 0.5) is 0 Å². The topological polar surface area (TPSA) is 140 Å². The first-order chi connectivity index (χ1) is 17.6. The Labute approximate surface area is 217 Å². The number of fused-ring (bicyclic) bond motifs is 1. The van der Waals surface area contributed by atoms with Crippen molar-refractivity contribution in [1.29, 1.82) is 0 Å². The first kappa shape index (κ1) is 25.4. The van der Waals surface area contributed by atoms with Crippen molar-refractivity contribution in [2.24, 2.45) is 0 Å². The summed E-state index contributed by atoms with van der Waals surface area (Å²) in [6.07, 6.45) is 4.05. The number of carbonyl (C=O) groups is 1. The number of pyridine rings is 1. The van der Waals surface area contributed by atoms with Crippen molar-refractivity contribution >= 4 is 27.5 Å². The summed E-state index contributed by atoms with van der Waals surface area (Å²) in [7, 11) is -4.28. The Bertz CT molecular complexity index is 1410. The number of hydrogen-bond acceptors (Lipinski definition) is 9. The molecule has 3 heterocycles. The third kappa shape index (κ3) is 5.69. The number of hydrogen-bond donors (Lipinski definition) is 2. The normalized spacial score (nSPS) is 22.9. The van der Waals surface area contributed by atoms with E-state index < -0.39 is 33.9 Å². The van der Waals surface area contributed by atoms with Crippen molar-refractivity contribution in [1.82, 2.24) is 15.0 Å². The first-order valence-corrected chi connectivity index (χ1v) is 13.0. The molecule has 1 saturated heterocycles. The number of nitrogens with zero attached hydrogens (tertiary/aromatic N) is 2. The third-order valence-electron chi connectivity index (χ3n) is 5.74. The maximum absolute atomic E-state index is 12.7. The molecule has 1 aliphatic carbocycles. The Balaban J connectivity index is 1.19. The molecular formula is C24H22ClN3O8S. The second-order valence-corrected chi connectivity index (χ2v) is 10.7. The largest absolute Gasteiger partial charge is 0.469 e. The highest BCUT2D eigenvalue weighted by Crippen LogP contribution is 2.39. The van der Waals surface area contributed by atoms with Crippen LogP contribution in [-0.2, 0) is 30.7 Å². The van der Waals surface area contributed by atoms with Crippen LogP contribution in [0.25, 0.3) is 0 Å². The van der Waals surface area contributed by atoms with Crippen molar-refractivity contribution in [3.05, 3.63) is 83.4 Å². The minimum Gasteiger partial charge on any atom is -0.469 e. The summed E-state index contributed by atoms with van der Waals surface area (Å²) in [5.74, 6) is -0.578. The highest BCUT2D eigenvalue weighted by molar-refractivity contribution is 7.89. The molecule has 3 atom stereocenters. The highest BCUT2D eigenvalue weighted by Gasteiger charge is 2.48. The molecule has 1 aromatic carbocycles. The van der Waals surface area contributed by atoms with Crippen LogP contribution in [-0.4, -0.2) is 47.7 Å². The van der Waals surface area contributed by atoms with Gasteiger partial charge in [0.1, 0.15) is 17.6 Å². The van der Waals surface area contributed by atoms with Crippen LogP contribution in [0.1, 0.15) is 19.1 Å². The number of benzene rings is 1. The number of sulfonamides is 1. The molecule has 3 aromatic rings. The molecule has 0 spiro atoms. The lowest BCUT2D eigenvalue weighted by Crippen LogP contribution is -2.44. The summed E-state index contributed by atoms with van der Waals surface area (Å²) in [6, 6.07) is 12.1. The van der Waals surface area contributed by atoms with Gasteiger partial charge >= 0.3 is 0 Å². The summed E-state index contributed by atoms with van der Waals surface area (Å²) >= 11 is 5.79. The van der Waals surface area contributed by atoms with Crippen LogP contribution < -0.4 is 9.57 Å². The molecule has 2 aromatic heterocycles. The number of aromatic nitrogens is 1. The minimum absolute atomic E-state index is 0.0632. The van der Waals surface area contributed by atoms with Crippen LogP contribution >= 0.6 is 11.6 Å². The molecule has 2 aliphatic rings. The van der Waals surface area contributed by atoms with Gasteiger partial charge in [-0.1, -0.05) is 16.4 Å². The molecule has 194 valence electrons. The Morgan fingerprint density at radius 2 is 2.03 bits per heavy atom. The van der Waals surface area contributed by atoms with Gasteiger partial charge in [-0.05, 0) is 55.5 Å². The average molecular weight is 548 g/mol. The maximum Gasteiger partial charge on any atom is 0.289 e. The van der Waals surface area contributed by atoms with E-state index in [9.17, 15) is 18.4 Å². The number of amides is 1. The predicted molar refractivity (Wildman–Crippen MR) is 128 cm³/mol. The molecule has 3 unspecified atom stereocenters. The number of hydrazine groups is 1. The van der Waals surface area contributed by atoms with Gasteiger partial charge in [-0.25, -0.2) is 13.4 Å². The van der Waals surface area contributed by atoms with E-state index in [-0.39, 0.29) is 27.9 Å². The predicted octanol–water partition coefficient (Wildman–Crippen LogP) is 3.60. The van der Waals surface area contributed by atoms with Crippen LogP contribution in [0.5, 0.6) is 11.6 Å². The number of ether oxygens (including phenoxy) is 3. The van der Waals surface area contributed by atoms with Gasteiger partial charge in [0, 0.05) is 24.3 Å². The Morgan fingerprint density at radius 1 is 1.24 bits per heavy atom. The number of halogens is 1. The van der Waals surface area contributed by atoms with Crippen molar-refractivity contribution in [3.63, 3.8) is 0 Å². The maximum atomic E-state index is 12.7. The van der Waals surface area contributed by atoms with Gasteiger partial charge in [0.2, 0.25) is 5.88 Å². The molecule has 1 amide bonds. The zero-order chi connectivity index (χ0) is 26.2. The van der Waals surface area contributed by atoms with Gasteiger partial charge in [-0.2, -0.15) is 0 Å². The Hall–Kier alpha value is -3.26. The van der Waals surface area contributed by atoms with E-state index in [0.717, 1.165) is 0 Å². The lowest BCUT2D eigenvalue weighted by molar-refractivity contribution is -0.170.